The van der Waals surface area contributed by atoms with E-state index in [2.05, 4.69) is 13.8 Å². The SMILES string of the molecule is CN(C(=O)C1CCCCC1(C)C)c1ccccc1C(N)=S. The third-order valence-corrected chi connectivity index (χ3v) is 4.89. The van der Waals surface area contributed by atoms with Crippen LogP contribution in [0.15, 0.2) is 24.3 Å². The van der Waals surface area contributed by atoms with Crippen molar-refractivity contribution in [1.29, 1.82) is 0 Å². The van der Waals surface area contributed by atoms with Crippen molar-refractivity contribution in [2.24, 2.45) is 17.1 Å². The van der Waals surface area contributed by atoms with Gasteiger partial charge in [-0.3, -0.25) is 4.79 Å². The molecule has 3 nitrogen and oxygen atoms in total. The monoisotopic (exact) mass is 304 g/mol. The Balaban J connectivity index is 2.29. The molecule has 1 saturated carbocycles. The van der Waals surface area contributed by atoms with E-state index in [1.54, 1.807) is 4.90 Å². The molecule has 1 unspecified atom stereocenters. The number of thiocarbonyl (C=S) groups is 1. The number of para-hydroxylation sites is 1. The van der Waals surface area contributed by atoms with Crippen LogP contribution in [0.2, 0.25) is 0 Å². The first-order chi connectivity index (χ1) is 9.84. The molecule has 1 aliphatic rings. The number of nitrogens with zero attached hydrogens (tertiary/aromatic N) is 1. The highest BCUT2D eigenvalue weighted by molar-refractivity contribution is 7.80. The summed E-state index contributed by atoms with van der Waals surface area (Å²) in [5.41, 5.74) is 7.40. The molecule has 2 N–H and O–H groups in total. The lowest BCUT2D eigenvalue weighted by Crippen LogP contribution is -2.42. The zero-order chi connectivity index (χ0) is 15.6. The Labute approximate surface area is 132 Å². The van der Waals surface area contributed by atoms with Gasteiger partial charge in [0.15, 0.2) is 0 Å². The number of hydrogen-bond acceptors (Lipinski definition) is 2. The summed E-state index contributed by atoms with van der Waals surface area (Å²) < 4.78 is 0. The Morgan fingerprint density at radius 3 is 2.62 bits per heavy atom. The minimum absolute atomic E-state index is 0.0573. The molecule has 0 radical (unpaired) electrons. The molecule has 0 bridgehead atoms. The van der Waals surface area contributed by atoms with Crippen LogP contribution in [0.25, 0.3) is 0 Å². The maximum absolute atomic E-state index is 12.9. The average molecular weight is 304 g/mol. The van der Waals surface area contributed by atoms with Gasteiger partial charge in [0.05, 0.1) is 5.69 Å². The molecule has 0 aliphatic heterocycles. The molecule has 114 valence electrons. The number of benzene rings is 1. The zero-order valence-electron chi connectivity index (χ0n) is 13.1. The molecule has 0 saturated heterocycles. The fourth-order valence-electron chi connectivity index (χ4n) is 3.28. The number of carbonyl (C=O) groups excluding carboxylic acids is 1. The zero-order valence-corrected chi connectivity index (χ0v) is 13.9. The Kier molecular flexibility index (Phi) is 4.67. The standard InChI is InChI=1S/C17H24N2OS/c1-17(2)11-7-6-9-13(17)16(20)19(3)14-10-5-4-8-12(14)15(18)21/h4-5,8,10,13H,6-7,9,11H2,1-3H3,(H2,18,21). The Hall–Kier alpha value is -1.42. The summed E-state index contributed by atoms with van der Waals surface area (Å²) in [5, 5.41) is 0. The van der Waals surface area contributed by atoms with Gasteiger partial charge in [0, 0.05) is 18.5 Å². The van der Waals surface area contributed by atoms with Gasteiger partial charge >= 0.3 is 0 Å². The van der Waals surface area contributed by atoms with E-state index < -0.39 is 0 Å². The van der Waals surface area contributed by atoms with Crippen molar-refractivity contribution in [2.75, 3.05) is 11.9 Å². The molecule has 1 amide bonds. The van der Waals surface area contributed by atoms with E-state index in [1.165, 1.54) is 6.42 Å². The summed E-state index contributed by atoms with van der Waals surface area (Å²) >= 11 is 5.10. The summed E-state index contributed by atoms with van der Waals surface area (Å²) in [6, 6.07) is 7.57. The van der Waals surface area contributed by atoms with Gasteiger partial charge in [-0.25, -0.2) is 0 Å². The number of rotatable bonds is 3. The van der Waals surface area contributed by atoms with Crippen LogP contribution in [-0.2, 0) is 4.79 Å². The van der Waals surface area contributed by atoms with E-state index in [-0.39, 0.29) is 17.2 Å². The average Bonchev–Trinajstić information content (AvgIpc) is 2.45. The fraction of sp³-hybridized carbons (Fsp3) is 0.529. The summed E-state index contributed by atoms with van der Waals surface area (Å²) in [7, 11) is 1.82. The molecule has 0 heterocycles. The molecule has 0 spiro atoms. The molecule has 1 aromatic carbocycles. The second kappa shape index (κ2) is 6.14. The van der Waals surface area contributed by atoms with Crippen molar-refractivity contribution in [3.8, 4) is 0 Å². The van der Waals surface area contributed by atoms with E-state index in [0.29, 0.717) is 4.99 Å². The minimum atomic E-state index is 0.0573. The highest BCUT2D eigenvalue weighted by Gasteiger charge is 2.39. The van der Waals surface area contributed by atoms with Crippen LogP contribution < -0.4 is 10.6 Å². The maximum Gasteiger partial charge on any atom is 0.230 e. The van der Waals surface area contributed by atoms with Gasteiger partial charge in [0.1, 0.15) is 4.99 Å². The molecular formula is C17H24N2OS. The first-order valence-corrected chi connectivity index (χ1v) is 7.92. The van der Waals surface area contributed by atoms with Gasteiger partial charge in [0.25, 0.3) is 0 Å². The molecule has 0 aromatic heterocycles. The van der Waals surface area contributed by atoms with Crippen LogP contribution in [0, 0.1) is 11.3 Å². The maximum atomic E-state index is 12.9. The minimum Gasteiger partial charge on any atom is -0.389 e. The third kappa shape index (κ3) is 3.26. The number of anilines is 1. The Morgan fingerprint density at radius 1 is 1.33 bits per heavy atom. The van der Waals surface area contributed by atoms with Crippen LogP contribution in [0.1, 0.15) is 45.1 Å². The summed E-state index contributed by atoms with van der Waals surface area (Å²) in [4.78, 5) is 15.0. The number of hydrogen-bond donors (Lipinski definition) is 1. The Bertz CT molecular complexity index is 553. The molecule has 4 heteroatoms. The lowest BCUT2D eigenvalue weighted by molar-refractivity contribution is -0.127. The number of carbonyl (C=O) groups is 1. The largest absolute Gasteiger partial charge is 0.389 e. The van der Waals surface area contributed by atoms with E-state index in [4.69, 9.17) is 18.0 Å². The van der Waals surface area contributed by atoms with Crippen LogP contribution in [0.3, 0.4) is 0 Å². The van der Waals surface area contributed by atoms with Crippen LogP contribution in [0.4, 0.5) is 5.69 Å². The molecule has 1 aliphatic carbocycles. The van der Waals surface area contributed by atoms with Gasteiger partial charge in [-0.2, -0.15) is 0 Å². The van der Waals surface area contributed by atoms with Gasteiger partial charge in [-0.15, -0.1) is 0 Å². The number of nitrogens with two attached hydrogens (primary N) is 1. The van der Waals surface area contributed by atoms with Crippen molar-refractivity contribution < 1.29 is 4.79 Å². The van der Waals surface area contributed by atoms with Crippen LogP contribution in [-0.4, -0.2) is 17.9 Å². The molecule has 1 fully saturated rings. The molecular weight excluding hydrogens is 280 g/mol. The van der Waals surface area contributed by atoms with Gasteiger partial charge in [-0.1, -0.05) is 51.0 Å². The molecule has 1 atom stereocenters. The van der Waals surface area contributed by atoms with Gasteiger partial charge in [-0.05, 0) is 30.4 Å². The summed E-state index contributed by atoms with van der Waals surface area (Å²) in [6.45, 7) is 4.39. The van der Waals surface area contributed by atoms with Gasteiger partial charge in [0.2, 0.25) is 5.91 Å². The normalized spacial score (nSPS) is 20.8. The van der Waals surface area contributed by atoms with Crippen LogP contribution >= 0.6 is 12.2 Å². The quantitative estimate of drug-likeness (QED) is 0.869. The second-order valence-electron chi connectivity index (χ2n) is 6.57. The fourth-order valence-corrected chi connectivity index (χ4v) is 3.45. The van der Waals surface area contributed by atoms with Crippen molar-refractivity contribution in [2.45, 2.75) is 39.5 Å². The van der Waals surface area contributed by atoms with Crippen molar-refractivity contribution >= 4 is 28.8 Å². The highest BCUT2D eigenvalue weighted by atomic mass is 32.1. The number of amides is 1. The summed E-state index contributed by atoms with van der Waals surface area (Å²) in [5.74, 6) is 0.235. The third-order valence-electron chi connectivity index (χ3n) is 4.67. The van der Waals surface area contributed by atoms with Crippen molar-refractivity contribution in [3.05, 3.63) is 29.8 Å². The highest BCUT2D eigenvalue weighted by Crippen LogP contribution is 2.42. The van der Waals surface area contributed by atoms with Gasteiger partial charge < -0.3 is 10.6 Å². The lowest BCUT2D eigenvalue weighted by Gasteiger charge is -2.39. The topological polar surface area (TPSA) is 46.3 Å². The van der Waals surface area contributed by atoms with E-state index in [0.717, 1.165) is 30.5 Å². The summed E-state index contributed by atoms with van der Waals surface area (Å²) in [6.07, 6.45) is 4.41. The molecule has 1 aromatic rings. The predicted molar refractivity (Wildman–Crippen MR) is 91.5 cm³/mol. The molecule has 2 rings (SSSR count). The second-order valence-corrected chi connectivity index (χ2v) is 7.01. The van der Waals surface area contributed by atoms with E-state index in [9.17, 15) is 4.79 Å². The predicted octanol–water partition coefficient (Wildman–Crippen LogP) is 3.50. The van der Waals surface area contributed by atoms with E-state index >= 15 is 0 Å². The molecule has 21 heavy (non-hydrogen) atoms. The Morgan fingerprint density at radius 2 is 2.00 bits per heavy atom. The first kappa shape index (κ1) is 16.0. The van der Waals surface area contributed by atoms with Crippen molar-refractivity contribution in [3.63, 3.8) is 0 Å². The first-order valence-electron chi connectivity index (χ1n) is 7.51. The van der Waals surface area contributed by atoms with Crippen LogP contribution in [0.5, 0.6) is 0 Å². The van der Waals surface area contributed by atoms with E-state index in [1.807, 2.05) is 31.3 Å². The lowest BCUT2D eigenvalue weighted by atomic mass is 9.68. The smallest absolute Gasteiger partial charge is 0.230 e. The van der Waals surface area contributed by atoms with Crippen molar-refractivity contribution in [1.82, 2.24) is 0 Å².